The monoisotopic (exact) mass is 498 g/mol. The first-order valence-corrected chi connectivity index (χ1v) is 8.87. The maximum absolute atomic E-state index is 10.8. The predicted molar refractivity (Wildman–Crippen MR) is 121 cm³/mol. The van der Waals surface area contributed by atoms with Crippen molar-refractivity contribution in [2.45, 2.75) is 13.5 Å². The predicted octanol–water partition coefficient (Wildman–Crippen LogP) is 2.30. The van der Waals surface area contributed by atoms with E-state index in [1.165, 1.54) is 0 Å². The average molecular weight is 498 g/mol. The minimum atomic E-state index is -0.505. The first kappa shape index (κ1) is 23.5. The molecule has 152 valence electrons. The molecule has 0 saturated carbocycles. The van der Waals surface area contributed by atoms with Crippen LogP contribution in [-0.4, -0.2) is 38.2 Å². The maximum atomic E-state index is 10.8. The highest BCUT2D eigenvalue weighted by Crippen LogP contribution is 2.14. The van der Waals surface area contributed by atoms with Gasteiger partial charge in [-0.1, -0.05) is 30.3 Å². The van der Waals surface area contributed by atoms with Gasteiger partial charge in [-0.05, 0) is 36.8 Å². The maximum Gasteiger partial charge on any atom is 0.255 e. The molecule has 8 heteroatoms. The molecular formula is C20H27IN4O3. The Morgan fingerprint density at radius 1 is 1.04 bits per heavy atom. The molecule has 2 aromatic carbocycles. The summed E-state index contributed by atoms with van der Waals surface area (Å²) in [6, 6.07) is 17.1. The van der Waals surface area contributed by atoms with Gasteiger partial charge in [-0.2, -0.15) is 0 Å². The summed E-state index contributed by atoms with van der Waals surface area (Å²) in [5, 5.41) is 6.43. The molecule has 0 radical (unpaired) electrons. The Labute approximate surface area is 182 Å². The van der Waals surface area contributed by atoms with E-state index in [-0.39, 0.29) is 30.6 Å². The number of nitrogens with one attached hydrogen (secondary N) is 2. The largest absolute Gasteiger partial charge is 0.492 e. The SMILES string of the molecule is CCNC(=NCc1cccc(OCC(N)=O)c1)NCCOc1ccccc1.I. The van der Waals surface area contributed by atoms with Crippen molar-refractivity contribution < 1.29 is 14.3 Å². The number of carbonyl (C=O) groups is 1. The zero-order valence-electron chi connectivity index (χ0n) is 15.9. The zero-order valence-corrected chi connectivity index (χ0v) is 18.2. The van der Waals surface area contributed by atoms with E-state index in [4.69, 9.17) is 15.2 Å². The number of carbonyl (C=O) groups excluding carboxylic acids is 1. The highest BCUT2D eigenvalue weighted by atomic mass is 127. The molecule has 0 aliphatic carbocycles. The van der Waals surface area contributed by atoms with E-state index in [2.05, 4.69) is 15.6 Å². The summed E-state index contributed by atoms with van der Waals surface area (Å²) in [6.45, 7) is 4.26. The second-order valence-corrected chi connectivity index (χ2v) is 5.69. The number of hydrogen-bond donors (Lipinski definition) is 3. The number of aliphatic imine (C=N–C) groups is 1. The summed E-state index contributed by atoms with van der Waals surface area (Å²) < 4.78 is 11.0. The van der Waals surface area contributed by atoms with Gasteiger partial charge in [0.2, 0.25) is 0 Å². The standard InChI is InChI=1S/C20H26N4O3.HI/c1-2-22-20(23-11-12-26-17-8-4-3-5-9-17)24-14-16-7-6-10-18(13-16)27-15-19(21)25;/h3-10,13H,2,11-12,14-15H2,1H3,(H2,21,25)(H2,22,23,24);1H. The normalized spacial score (nSPS) is 10.5. The van der Waals surface area contributed by atoms with Gasteiger partial charge in [0.15, 0.2) is 12.6 Å². The first-order valence-electron chi connectivity index (χ1n) is 8.87. The van der Waals surface area contributed by atoms with E-state index in [9.17, 15) is 4.79 Å². The fourth-order valence-corrected chi connectivity index (χ4v) is 2.26. The third-order valence-corrected chi connectivity index (χ3v) is 3.45. The number of guanidine groups is 1. The lowest BCUT2D eigenvalue weighted by Crippen LogP contribution is -2.39. The highest BCUT2D eigenvalue weighted by molar-refractivity contribution is 14.0. The first-order chi connectivity index (χ1) is 13.2. The molecule has 0 fully saturated rings. The van der Waals surface area contributed by atoms with Crippen molar-refractivity contribution in [1.29, 1.82) is 0 Å². The van der Waals surface area contributed by atoms with Gasteiger partial charge in [0.25, 0.3) is 5.91 Å². The van der Waals surface area contributed by atoms with E-state index in [1.807, 2.05) is 55.5 Å². The lowest BCUT2D eigenvalue weighted by Gasteiger charge is -2.12. The molecule has 0 saturated heterocycles. The highest BCUT2D eigenvalue weighted by Gasteiger charge is 2.01. The molecule has 0 spiro atoms. The van der Waals surface area contributed by atoms with Crippen molar-refractivity contribution in [1.82, 2.24) is 10.6 Å². The van der Waals surface area contributed by atoms with Gasteiger partial charge >= 0.3 is 0 Å². The van der Waals surface area contributed by atoms with Gasteiger partial charge in [-0.3, -0.25) is 4.79 Å². The van der Waals surface area contributed by atoms with Crippen molar-refractivity contribution >= 4 is 35.8 Å². The van der Waals surface area contributed by atoms with Gasteiger partial charge in [0.1, 0.15) is 18.1 Å². The summed E-state index contributed by atoms with van der Waals surface area (Å²) in [6.07, 6.45) is 0. The average Bonchev–Trinajstić information content (AvgIpc) is 2.69. The molecule has 0 unspecified atom stereocenters. The van der Waals surface area contributed by atoms with E-state index in [0.29, 0.717) is 31.4 Å². The summed E-state index contributed by atoms with van der Waals surface area (Å²) >= 11 is 0. The van der Waals surface area contributed by atoms with Crippen LogP contribution in [0.5, 0.6) is 11.5 Å². The van der Waals surface area contributed by atoms with Gasteiger partial charge in [0, 0.05) is 6.54 Å². The molecule has 28 heavy (non-hydrogen) atoms. The number of ether oxygens (including phenoxy) is 2. The van der Waals surface area contributed by atoms with Crippen LogP contribution in [0.3, 0.4) is 0 Å². The summed E-state index contributed by atoms with van der Waals surface area (Å²) in [4.78, 5) is 15.4. The topological polar surface area (TPSA) is 98.0 Å². The van der Waals surface area contributed by atoms with Gasteiger partial charge in [-0.25, -0.2) is 4.99 Å². The van der Waals surface area contributed by atoms with Crippen molar-refractivity contribution in [3.05, 3.63) is 60.2 Å². The zero-order chi connectivity index (χ0) is 19.3. The van der Waals surface area contributed by atoms with Crippen LogP contribution in [0.4, 0.5) is 0 Å². The second kappa shape index (κ2) is 13.6. The fraction of sp³-hybridized carbons (Fsp3) is 0.300. The van der Waals surface area contributed by atoms with Crippen molar-refractivity contribution in [3.63, 3.8) is 0 Å². The lowest BCUT2D eigenvalue weighted by atomic mass is 10.2. The van der Waals surface area contributed by atoms with E-state index < -0.39 is 5.91 Å². The molecule has 2 aromatic rings. The second-order valence-electron chi connectivity index (χ2n) is 5.69. The number of para-hydroxylation sites is 1. The van der Waals surface area contributed by atoms with E-state index >= 15 is 0 Å². The van der Waals surface area contributed by atoms with Gasteiger partial charge in [-0.15, -0.1) is 24.0 Å². The molecule has 0 atom stereocenters. The molecule has 0 aliphatic heterocycles. The Hall–Kier alpha value is -2.49. The number of benzene rings is 2. The van der Waals surface area contributed by atoms with Crippen LogP contribution in [0.15, 0.2) is 59.6 Å². The van der Waals surface area contributed by atoms with Gasteiger partial charge in [0.05, 0.1) is 13.1 Å². The number of rotatable bonds is 10. The Balaban J connectivity index is 0.00000392. The van der Waals surface area contributed by atoms with Crippen LogP contribution < -0.4 is 25.8 Å². The van der Waals surface area contributed by atoms with Crippen LogP contribution in [-0.2, 0) is 11.3 Å². The minimum absolute atomic E-state index is 0. The van der Waals surface area contributed by atoms with E-state index in [0.717, 1.165) is 17.9 Å². The molecular weight excluding hydrogens is 471 g/mol. The van der Waals surface area contributed by atoms with Crippen LogP contribution in [0.2, 0.25) is 0 Å². The van der Waals surface area contributed by atoms with Crippen LogP contribution in [0, 0.1) is 0 Å². The Morgan fingerprint density at radius 2 is 1.79 bits per heavy atom. The Morgan fingerprint density at radius 3 is 2.50 bits per heavy atom. The molecule has 0 aromatic heterocycles. The molecule has 0 heterocycles. The smallest absolute Gasteiger partial charge is 0.255 e. The Kier molecular flexibility index (Phi) is 11.5. The molecule has 1 amide bonds. The molecule has 2 rings (SSSR count). The molecule has 0 aliphatic rings. The molecule has 4 N–H and O–H groups in total. The number of primary amides is 1. The van der Waals surface area contributed by atoms with Crippen LogP contribution >= 0.6 is 24.0 Å². The number of hydrogen-bond acceptors (Lipinski definition) is 4. The quantitative estimate of drug-likeness (QED) is 0.202. The van der Waals surface area contributed by atoms with E-state index in [1.54, 1.807) is 6.07 Å². The summed E-state index contributed by atoms with van der Waals surface area (Å²) in [5.41, 5.74) is 6.06. The van der Waals surface area contributed by atoms with Crippen molar-refractivity contribution in [3.8, 4) is 11.5 Å². The third kappa shape index (κ3) is 9.45. The van der Waals surface area contributed by atoms with Crippen LogP contribution in [0.25, 0.3) is 0 Å². The van der Waals surface area contributed by atoms with Crippen molar-refractivity contribution in [2.24, 2.45) is 10.7 Å². The van der Waals surface area contributed by atoms with Crippen LogP contribution in [0.1, 0.15) is 12.5 Å². The number of nitrogens with two attached hydrogens (primary N) is 1. The number of nitrogens with zero attached hydrogens (tertiary/aromatic N) is 1. The fourth-order valence-electron chi connectivity index (χ4n) is 2.26. The summed E-state index contributed by atoms with van der Waals surface area (Å²) in [5.74, 6) is 1.64. The molecule has 0 bridgehead atoms. The third-order valence-electron chi connectivity index (χ3n) is 3.45. The number of amides is 1. The summed E-state index contributed by atoms with van der Waals surface area (Å²) in [7, 11) is 0. The molecule has 7 nitrogen and oxygen atoms in total. The Bertz CT molecular complexity index is 741. The minimum Gasteiger partial charge on any atom is -0.492 e. The number of halogens is 1. The van der Waals surface area contributed by atoms with Crippen molar-refractivity contribution in [2.75, 3.05) is 26.3 Å². The van der Waals surface area contributed by atoms with Gasteiger partial charge < -0.3 is 25.8 Å². The lowest BCUT2D eigenvalue weighted by molar-refractivity contribution is -0.119.